The predicted octanol–water partition coefficient (Wildman–Crippen LogP) is 3.28. The molecule has 4 nitrogen and oxygen atoms in total. The number of hydrogen-bond acceptors (Lipinski definition) is 2. The standard InChI is InChI=1S/C18H27F2N3O/c1-3-21-17(22-12-18(24)9-5-4-6-10-18)23-13(2)14-7-8-15(19)16(20)11-14/h7-8,11,13,24H,3-6,9-10,12H2,1-2H3,(H2,21,22,23). The molecule has 3 N–H and O–H groups in total. The van der Waals surface area contributed by atoms with E-state index in [4.69, 9.17) is 0 Å². The highest BCUT2D eigenvalue weighted by atomic mass is 19.2. The largest absolute Gasteiger partial charge is 0.388 e. The fourth-order valence-corrected chi connectivity index (χ4v) is 2.98. The van der Waals surface area contributed by atoms with Gasteiger partial charge in [-0.1, -0.05) is 25.3 Å². The van der Waals surface area contributed by atoms with E-state index >= 15 is 0 Å². The van der Waals surface area contributed by atoms with Crippen LogP contribution in [0, 0.1) is 11.6 Å². The monoisotopic (exact) mass is 339 g/mol. The van der Waals surface area contributed by atoms with Gasteiger partial charge in [0.15, 0.2) is 17.6 Å². The number of nitrogens with one attached hydrogen (secondary N) is 2. The maximum absolute atomic E-state index is 13.4. The topological polar surface area (TPSA) is 56.7 Å². The summed E-state index contributed by atoms with van der Waals surface area (Å²) in [5.74, 6) is -1.15. The summed E-state index contributed by atoms with van der Waals surface area (Å²) in [5, 5.41) is 16.9. The Labute approximate surface area is 142 Å². The Bertz CT molecular complexity index is 571. The Kier molecular flexibility index (Phi) is 6.54. The van der Waals surface area contributed by atoms with Crippen LogP contribution in [0.1, 0.15) is 57.6 Å². The predicted molar refractivity (Wildman–Crippen MR) is 91.9 cm³/mol. The molecule has 0 aliphatic heterocycles. The summed E-state index contributed by atoms with van der Waals surface area (Å²) in [4.78, 5) is 4.49. The van der Waals surface area contributed by atoms with Gasteiger partial charge >= 0.3 is 0 Å². The van der Waals surface area contributed by atoms with Gasteiger partial charge in [0.05, 0.1) is 18.2 Å². The third kappa shape index (κ3) is 5.16. The second-order valence-electron chi connectivity index (χ2n) is 6.52. The maximum atomic E-state index is 13.4. The lowest BCUT2D eigenvalue weighted by Gasteiger charge is -2.30. The zero-order valence-corrected chi connectivity index (χ0v) is 14.4. The van der Waals surface area contributed by atoms with Gasteiger partial charge in [-0.05, 0) is 44.4 Å². The summed E-state index contributed by atoms with van der Waals surface area (Å²) >= 11 is 0. The molecule has 1 saturated carbocycles. The molecule has 2 rings (SSSR count). The minimum Gasteiger partial charge on any atom is -0.388 e. The van der Waals surface area contributed by atoms with E-state index in [1.165, 1.54) is 6.07 Å². The highest BCUT2D eigenvalue weighted by molar-refractivity contribution is 5.80. The molecule has 1 aliphatic carbocycles. The quantitative estimate of drug-likeness (QED) is 0.570. The summed E-state index contributed by atoms with van der Waals surface area (Å²) in [6, 6.07) is 3.62. The van der Waals surface area contributed by atoms with Crippen LogP contribution >= 0.6 is 0 Å². The molecule has 1 fully saturated rings. The van der Waals surface area contributed by atoms with E-state index in [9.17, 15) is 13.9 Å². The number of guanidine groups is 1. The van der Waals surface area contributed by atoms with Crippen LogP contribution < -0.4 is 10.6 Å². The van der Waals surface area contributed by atoms with Crippen molar-refractivity contribution >= 4 is 5.96 Å². The lowest BCUT2D eigenvalue weighted by molar-refractivity contribution is 0.0131. The van der Waals surface area contributed by atoms with Crippen LogP contribution in [0.25, 0.3) is 0 Å². The Balaban J connectivity index is 2.03. The van der Waals surface area contributed by atoms with Gasteiger partial charge in [-0.25, -0.2) is 8.78 Å². The molecular weight excluding hydrogens is 312 g/mol. The fraction of sp³-hybridized carbons (Fsp3) is 0.611. The van der Waals surface area contributed by atoms with Crippen molar-refractivity contribution in [2.45, 2.75) is 57.6 Å². The second-order valence-corrected chi connectivity index (χ2v) is 6.52. The molecule has 0 amide bonds. The van der Waals surface area contributed by atoms with Crippen molar-refractivity contribution in [1.82, 2.24) is 10.6 Å². The zero-order chi connectivity index (χ0) is 17.6. The molecule has 1 aromatic rings. The van der Waals surface area contributed by atoms with Crippen LogP contribution in [-0.4, -0.2) is 29.8 Å². The first-order valence-corrected chi connectivity index (χ1v) is 8.66. The van der Waals surface area contributed by atoms with Crippen LogP contribution in [0.3, 0.4) is 0 Å². The van der Waals surface area contributed by atoms with Gasteiger partial charge in [0, 0.05) is 6.54 Å². The summed E-state index contributed by atoms with van der Waals surface area (Å²) < 4.78 is 26.4. The lowest BCUT2D eigenvalue weighted by Crippen LogP contribution is -2.41. The van der Waals surface area contributed by atoms with Crippen LogP contribution in [0.5, 0.6) is 0 Å². The fourth-order valence-electron chi connectivity index (χ4n) is 2.98. The number of aliphatic hydroxyl groups is 1. The van der Waals surface area contributed by atoms with Crippen molar-refractivity contribution in [2.75, 3.05) is 13.1 Å². The number of aliphatic imine (C=N–C) groups is 1. The van der Waals surface area contributed by atoms with E-state index < -0.39 is 17.2 Å². The molecule has 24 heavy (non-hydrogen) atoms. The normalized spacial score (nSPS) is 19.0. The minimum atomic E-state index is -0.861. The Morgan fingerprint density at radius 2 is 1.96 bits per heavy atom. The summed E-state index contributed by atoms with van der Waals surface area (Å²) in [6.07, 6.45) is 4.77. The third-order valence-corrected chi connectivity index (χ3v) is 4.46. The first-order chi connectivity index (χ1) is 11.4. The lowest BCUT2D eigenvalue weighted by atomic mass is 9.85. The van der Waals surface area contributed by atoms with E-state index in [-0.39, 0.29) is 6.04 Å². The van der Waals surface area contributed by atoms with Gasteiger partial charge in [-0.3, -0.25) is 4.99 Å². The second kappa shape index (κ2) is 8.42. The van der Waals surface area contributed by atoms with E-state index in [2.05, 4.69) is 15.6 Å². The third-order valence-electron chi connectivity index (χ3n) is 4.46. The smallest absolute Gasteiger partial charge is 0.191 e. The summed E-state index contributed by atoms with van der Waals surface area (Å²) in [7, 11) is 0. The highest BCUT2D eigenvalue weighted by Gasteiger charge is 2.28. The first kappa shape index (κ1) is 18.6. The van der Waals surface area contributed by atoms with Gasteiger partial charge in [0.25, 0.3) is 0 Å². The van der Waals surface area contributed by atoms with Crippen LogP contribution in [0.15, 0.2) is 23.2 Å². The van der Waals surface area contributed by atoms with Crippen molar-refractivity contribution in [1.29, 1.82) is 0 Å². The first-order valence-electron chi connectivity index (χ1n) is 8.66. The summed E-state index contributed by atoms with van der Waals surface area (Å²) in [6.45, 7) is 4.82. The van der Waals surface area contributed by atoms with Gasteiger partial charge in [0.1, 0.15) is 0 Å². The molecule has 0 heterocycles. The highest BCUT2D eigenvalue weighted by Crippen LogP contribution is 2.28. The molecule has 0 saturated heterocycles. The summed E-state index contributed by atoms with van der Waals surface area (Å²) in [5.41, 5.74) is -0.0953. The van der Waals surface area contributed by atoms with Gasteiger partial charge in [-0.2, -0.15) is 0 Å². The van der Waals surface area contributed by atoms with Crippen LogP contribution in [0.4, 0.5) is 8.78 Å². The number of nitrogens with zero attached hydrogens (tertiary/aromatic N) is 1. The van der Waals surface area contributed by atoms with Crippen molar-refractivity contribution in [3.05, 3.63) is 35.4 Å². The molecule has 1 unspecified atom stereocenters. The van der Waals surface area contributed by atoms with E-state index in [0.717, 1.165) is 38.2 Å². The van der Waals surface area contributed by atoms with Crippen molar-refractivity contribution in [2.24, 2.45) is 4.99 Å². The number of halogens is 2. The maximum Gasteiger partial charge on any atom is 0.191 e. The van der Waals surface area contributed by atoms with Gasteiger partial charge < -0.3 is 15.7 Å². The number of rotatable bonds is 5. The van der Waals surface area contributed by atoms with E-state index in [1.54, 1.807) is 6.07 Å². The molecule has 0 radical (unpaired) electrons. The van der Waals surface area contributed by atoms with Crippen LogP contribution in [0.2, 0.25) is 0 Å². The van der Waals surface area contributed by atoms with Gasteiger partial charge in [-0.15, -0.1) is 0 Å². The molecule has 0 spiro atoms. The van der Waals surface area contributed by atoms with Crippen molar-refractivity contribution in [3.63, 3.8) is 0 Å². The Hall–Kier alpha value is -1.69. The molecule has 6 heteroatoms. The number of benzene rings is 1. The minimum absolute atomic E-state index is 0.237. The van der Waals surface area contributed by atoms with Crippen molar-refractivity contribution in [3.8, 4) is 0 Å². The average molecular weight is 339 g/mol. The molecular formula is C18H27F2N3O. The average Bonchev–Trinajstić information content (AvgIpc) is 2.56. The molecule has 1 aromatic carbocycles. The van der Waals surface area contributed by atoms with E-state index in [1.807, 2.05) is 13.8 Å². The zero-order valence-electron chi connectivity index (χ0n) is 14.4. The van der Waals surface area contributed by atoms with E-state index in [0.29, 0.717) is 24.6 Å². The van der Waals surface area contributed by atoms with Crippen molar-refractivity contribution < 1.29 is 13.9 Å². The molecule has 1 atom stereocenters. The number of hydrogen-bond donors (Lipinski definition) is 3. The molecule has 0 aromatic heterocycles. The van der Waals surface area contributed by atoms with Crippen LogP contribution in [-0.2, 0) is 0 Å². The molecule has 1 aliphatic rings. The van der Waals surface area contributed by atoms with Gasteiger partial charge in [0.2, 0.25) is 0 Å². The Morgan fingerprint density at radius 3 is 2.58 bits per heavy atom. The SMILES string of the molecule is CCNC(=NCC1(O)CCCCC1)NC(C)c1ccc(F)c(F)c1. The molecule has 134 valence electrons. The Morgan fingerprint density at radius 1 is 1.25 bits per heavy atom. The molecule has 0 bridgehead atoms.